The van der Waals surface area contributed by atoms with Gasteiger partial charge in [0.25, 0.3) is 0 Å². The molecule has 0 amide bonds. The summed E-state index contributed by atoms with van der Waals surface area (Å²) in [6.07, 6.45) is 2.24. The number of nitrogens with zero attached hydrogens (tertiary/aromatic N) is 1. The average Bonchev–Trinajstić information content (AvgIpc) is 2.52. The molecule has 0 saturated heterocycles. The van der Waals surface area contributed by atoms with E-state index in [9.17, 15) is 4.39 Å². The van der Waals surface area contributed by atoms with E-state index in [0.717, 1.165) is 36.6 Å². The molecule has 1 aromatic heterocycles. The van der Waals surface area contributed by atoms with Crippen molar-refractivity contribution in [3.63, 3.8) is 0 Å². The van der Waals surface area contributed by atoms with Crippen LogP contribution in [0.5, 0.6) is 5.75 Å². The predicted octanol–water partition coefficient (Wildman–Crippen LogP) is 3.71. The maximum atomic E-state index is 13.0. The lowest BCUT2D eigenvalue weighted by molar-refractivity contribution is 0.317. The van der Waals surface area contributed by atoms with Crippen LogP contribution in [0.15, 0.2) is 42.6 Å². The van der Waals surface area contributed by atoms with Crippen LogP contribution in [0.4, 0.5) is 4.39 Å². The van der Waals surface area contributed by atoms with E-state index in [4.69, 9.17) is 4.74 Å². The van der Waals surface area contributed by atoms with Gasteiger partial charge in [-0.25, -0.2) is 4.39 Å². The zero-order chi connectivity index (χ0) is 15.1. The Balaban J connectivity index is 2.19. The molecule has 3 nitrogen and oxygen atoms in total. The Hall–Kier alpha value is -1.94. The highest BCUT2D eigenvalue weighted by Gasteiger charge is 2.14. The molecule has 0 aliphatic carbocycles. The molecule has 0 saturated carbocycles. The molecule has 1 unspecified atom stereocenters. The normalized spacial score (nSPS) is 12.1. The molecule has 0 radical (unpaired) electrons. The smallest absolute Gasteiger partial charge is 0.141 e. The van der Waals surface area contributed by atoms with E-state index in [0.29, 0.717) is 0 Å². The summed E-state index contributed by atoms with van der Waals surface area (Å²) in [4.78, 5) is 4.18. The first-order valence-corrected chi connectivity index (χ1v) is 7.32. The van der Waals surface area contributed by atoms with Gasteiger partial charge in [-0.3, -0.25) is 4.98 Å². The fourth-order valence-corrected chi connectivity index (χ4v) is 2.13. The van der Waals surface area contributed by atoms with Crippen molar-refractivity contribution < 1.29 is 9.13 Å². The minimum atomic E-state index is -0.322. The van der Waals surface area contributed by atoms with E-state index in [1.165, 1.54) is 12.3 Å². The highest BCUT2D eigenvalue weighted by Crippen LogP contribution is 2.23. The zero-order valence-corrected chi connectivity index (χ0v) is 12.5. The second-order valence-electron chi connectivity index (χ2n) is 4.81. The Morgan fingerprint density at radius 3 is 2.48 bits per heavy atom. The van der Waals surface area contributed by atoms with Gasteiger partial charge in [0.1, 0.15) is 11.6 Å². The molecule has 1 aromatic carbocycles. The first-order chi connectivity index (χ1) is 10.2. The van der Waals surface area contributed by atoms with E-state index in [2.05, 4.69) is 17.2 Å². The number of hydrogen-bond acceptors (Lipinski definition) is 3. The van der Waals surface area contributed by atoms with Crippen LogP contribution in [0.2, 0.25) is 0 Å². The van der Waals surface area contributed by atoms with Crippen LogP contribution in [-0.2, 0) is 0 Å². The second kappa shape index (κ2) is 7.74. The number of halogens is 1. The summed E-state index contributed by atoms with van der Waals surface area (Å²) in [5.41, 5.74) is 1.89. The summed E-state index contributed by atoms with van der Waals surface area (Å²) < 4.78 is 18.6. The fraction of sp³-hybridized carbons (Fsp3) is 0.353. The third-order valence-corrected chi connectivity index (χ3v) is 3.14. The van der Waals surface area contributed by atoms with E-state index in [-0.39, 0.29) is 11.9 Å². The Morgan fingerprint density at radius 2 is 1.90 bits per heavy atom. The molecule has 1 N–H and O–H groups in total. The molecule has 2 rings (SSSR count). The van der Waals surface area contributed by atoms with Crippen molar-refractivity contribution in [2.45, 2.75) is 26.3 Å². The molecule has 1 heterocycles. The fourth-order valence-electron chi connectivity index (χ4n) is 2.13. The van der Waals surface area contributed by atoms with E-state index >= 15 is 0 Å². The maximum Gasteiger partial charge on any atom is 0.141 e. The van der Waals surface area contributed by atoms with Crippen LogP contribution in [0, 0.1) is 5.82 Å². The molecular formula is C17H21FN2O. The topological polar surface area (TPSA) is 34.1 Å². The van der Waals surface area contributed by atoms with Gasteiger partial charge in [0.2, 0.25) is 0 Å². The SMILES string of the molecule is CCCOc1ccc(C(NCC)c2ccc(F)cn2)cc1. The molecule has 4 heteroatoms. The molecule has 0 fully saturated rings. The second-order valence-corrected chi connectivity index (χ2v) is 4.81. The molecule has 0 spiro atoms. The van der Waals surface area contributed by atoms with Crippen LogP contribution in [0.25, 0.3) is 0 Å². The predicted molar refractivity (Wildman–Crippen MR) is 81.9 cm³/mol. The quantitative estimate of drug-likeness (QED) is 0.843. The number of ether oxygens (including phenoxy) is 1. The zero-order valence-electron chi connectivity index (χ0n) is 12.5. The third kappa shape index (κ3) is 4.26. The van der Waals surface area contributed by atoms with Crippen molar-refractivity contribution in [3.05, 3.63) is 59.7 Å². The highest BCUT2D eigenvalue weighted by molar-refractivity contribution is 5.33. The number of aromatic nitrogens is 1. The summed E-state index contributed by atoms with van der Waals surface area (Å²) in [7, 11) is 0. The first kappa shape index (κ1) is 15.4. The number of hydrogen-bond donors (Lipinski definition) is 1. The number of rotatable bonds is 7. The van der Waals surface area contributed by atoms with E-state index in [1.807, 2.05) is 31.2 Å². The molecule has 0 aliphatic rings. The van der Waals surface area contributed by atoms with Crippen LogP contribution < -0.4 is 10.1 Å². The van der Waals surface area contributed by atoms with Gasteiger partial charge in [0.05, 0.1) is 24.5 Å². The van der Waals surface area contributed by atoms with Crippen molar-refractivity contribution in [1.82, 2.24) is 10.3 Å². The van der Waals surface area contributed by atoms with Crippen molar-refractivity contribution >= 4 is 0 Å². The summed E-state index contributed by atoms with van der Waals surface area (Å²) in [6, 6.07) is 11.1. The van der Waals surface area contributed by atoms with Gasteiger partial charge in [0, 0.05) is 0 Å². The van der Waals surface area contributed by atoms with Gasteiger partial charge in [-0.15, -0.1) is 0 Å². The van der Waals surface area contributed by atoms with Gasteiger partial charge in [0.15, 0.2) is 0 Å². The molecule has 112 valence electrons. The van der Waals surface area contributed by atoms with Crippen molar-refractivity contribution in [1.29, 1.82) is 0 Å². The van der Waals surface area contributed by atoms with Crippen LogP contribution in [0.1, 0.15) is 37.6 Å². The lowest BCUT2D eigenvalue weighted by Gasteiger charge is -2.18. The lowest BCUT2D eigenvalue weighted by atomic mass is 10.0. The summed E-state index contributed by atoms with van der Waals surface area (Å²) in [5, 5.41) is 3.37. The van der Waals surface area contributed by atoms with Crippen LogP contribution in [-0.4, -0.2) is 18.1 Å². The monoisotopic (exact) mass is 288 g/mol. The van der Waals surface area contributed by atoms with Crippen LogP contribution >= 0.6 is 0 Å². The molecule has 2 aromatic rings. The molecular weight excluding hydrogens is 267 g/mol. The van der Waals surface area contributed by atoms with Crippen molar-refractivity contribution in [2.24, 2.45) is 0 Å². The largest absolute Gasteiger partial charge is 0.494 e. The number of pyridine rings is 1. The van der Waals surface area contributed by atoms with Gasteiger partial charge >= 0.3 is 0 Å². The molecule has 0 bridgehead atoms. The molecule has 1 atom stereocenters. The van der Waals surface area contributed by atoms with Crippen molar-refractivity contribution in [2.75, 3.05) is 13.2 Å². The van der Waals surface area contributed by atoms with Gasteiger partial charge in [-0.1, -0.05) is 26.0 Å². The number of nitrogens with one attached hydrogen (secondary N) is 1. The summed E-state index contributed by atoms with van der Waals surface area (Å²) >= 11 is 0. The minimum absolute atomic E-state index is 0.0455. The van der Waals surface area contributed by atoms with Gasteiger partial charge in [-0.05, 0) is 42.8 Å². The summed E-state index contributed by atoms with van der Waals surface area (Å²) in [6.45, 7) is 5.64. The Bertz CT molecular complexity index is 540. The van der Waals surface area contributed by atoms with Gasteiger partial charge < -0.3 is 10.1 Å². The molecule has 0 aliphatic heterocycles. The Labute approximate surface area is 125 Å². The molecule has 21 heavy (non-hydrogen) atoms. The van der Waals surface area contributed by atoms with Crippen molar-refractivity contribution in [3.8, 4) is 5.75 Å². The maximum absolute atomic E-state index is 13.0. The van der Waals surface area contributed by atoms with E-state index in [1.54, 1.807) is 6.07 Å². The standard InChI is InChI=1S/C17H21FN2O/c1-3-11-21-15-8-5-13(6-9-15)17(19-4-2)16-10-7-14(18)12-20-16/h5-10,12,17,19H,3-4,11H2,1-2H3. The van der Waals surface area contributed by atoms with E-state index < -0.39 is 0 Å². The Morgan fingerprint density at radius 1 is 1.14 bits per heavy atom. The van der Waals surface area contributed by atoms with Gasteiger partial charge in [-0.2, -0.15) is 0 Å². The minimum Gasteiger partial charge on any atom is -0.494 e. The summed E-state index contributed by atoms with van der Waals surface area (Å²) in [5.74, 6) is 0.542. The van der Waals surface area contributed by atoms with Crippen LogP contribution in [0.3, 0.4) is 0 Å². The Kier molecular flexibility index (Phi) is 5.69. The highest BCUT2D eigenvalue weighted by atomic mass is 19.1. The third-order valence-electron chi connectivity index (χ3n) is 3.14. The average molecular weight is 288 g/mol. The lowest BCUT2D eigenvalue weighted by Crippen LogP contribution is -2.22. The first-order valence-electron chi connectivity index (χ1n) is 7.32. The number of benzene rings is 1.